The molecule has 0 radical (unpaired) electrons. The molecule has 1 aliphatic heterocycles. The van der Waals surface area contributed by atoms with Gasteiger partial charge >= 0.3 is 0 Å². The molecule has 0 aliphatic carbocycles. The summed E-state index contributed by atoms with van der Waals surface area (Å²) >= 11 is 0. The van der Waals surface area contributed by atoms with Gasteiger partial charge in [0.1, 0.15) is 24.7 Å². The second-order valence-electron chi connectivity index (χ2n) is 5.26. The van der Waals surface area contributed by atoms with Crippen LogP contribution in [0, 0.1) is 5.92 Å². The van der Waals surface area contributed by atoms with Crippen LogP contribution in [0.1, 0.15) is 31.9 Å². The van der Waals surface area contributed by atoms with Crippen LogP contribution in [0.3, 0.4) is 0 Å². The Morgan fingerprint density at radius 2 is 2.16 bits per heavy atom. The lowest BCUT2D eigenvalue weighted by molar-refractivity contribution is 0.0925. The van der Waals surface area contributed by atoms with Crippen LogP contribution in [0.15, 0.2) is 18.2 Å². The van der Waals surface area contributed by atoms with Crippen LogP contribution in [0.5, 0.6) is 11.5 Å². The van der Waals surface area contributed by atoms with Gasteiger partial charge in [0.05, 0.1) is 12.6 Å². The van der Waals surface area contributed by atoms with Crippen LogP contribution in [0.25, 0.3) is 0 Å². The largest absolute Gasteiger partial charge is 0.491 e. The first kappa shape index (κ1) is 14.2. The van der Waals surface area contributed by atoms with Crippen molar-refractivity contribution in [3.63, 3.8) is 0 Å². The summed E-state index contributed by atoms with van der Waals surface area (Å²) in [6.07, 6.45) is 1.09. The van der Waals surface area contributed by atoms with Crippen molar-refractivity contribution in [3.8, 4) is 11.5 Å². The third-order valence-corrected chi connectivity index (χ3v) is 3.14. The van der Waals surface area contributed by atoms with Crippen molar-refractivity contribution in [1.82, 2.24) is 0 Å². The molecule has 2 rings (SSSR count). The van der Waals surface area contributed by atoms with E-state index in [4.69, 9.17) is 19.9 Å². The van der Waals surface area contributed by atoms with Gasteiger partial charge in [0.25, 0.3) is 0 Å². The maximum atomic E-state index is 5.89. The molecule has 0 saturated heterocycles. The Kier molecular flexibility index (Phi) is 5.05. The molecule has 0 saturated carbocycles. The summed E-state index contributed by atoms with van der Waals surface area (Å²) in [5.74, 6) is 2.32. The highest BCUT2D eigenvalue weighted by Gasteiger charge is 2.20. The number of benzene rings is 1. The van der Waals surface area contributed by atoms with E-state index in [9.17, 15) is 0 Å². The fourth-order valence-electron chi connectivity index (χ4n) is 1.94. The molecule has 0 spiro atoms. The van der Waals surface area contributed by atoms with E-state index in [1.54, 1.807) is 0 Å². The average Bonchev–Trinajstić information content (AvgIpc) is 2.75. The van der Waals surface area contributed by atoms with Gasteiger partial charge in [-0.25, -0.2) is 0 Å². The van der Waals surface area contributed by atoms with E-state index in [2.05, 4.69) is 13.8 Å². The van der Waals surface area contributed by atoms with E-state index < -0.39 is 0 Å². The number of fused-ring (bicyclic) bond motifs is 1. The molecule has 4 heteroatoms. The van der Waals surface area contributed by atoms with Crippen LogP contribution in [0.4, 0.5) is 0 Å². The summed E-state index contributed by atoms with van der Waals surface area (Å²) < 4.78 is 16.6. The average molecular weight is 265 g/mol. The Labute approximate surface area is 114 Å². The second kappa shape index (κ2) is 6.78. The van der Waals surface area contributed by atoms with Crippen molar-refractivity contribution in [2.45, 2.75) is 26.3 Å². The number of nitrogens with two attached hydrogens (primary N) is 1. The fraction of sp³-hybridized carbons (Fsp3) is 0.600. The Bertz CT molecular complexity index is 406. The number of hydrogen-bond acceptors (Lipinski definition) is 4. The summed E-state index contributed by atoms with van der Waals surface area (Å²) in [6.45, 7) is 6.90. The quantitative estimate of drug-likeness (QED) is 0.770. The predicted molar refractivity (Wildman–Crippen MR) is 74.6 cm³/mol. The second-order valence-corrected chi connectivity index (χ2v) is 5.26. The van der Waals surface area contributed by atoms with Crippen molar-refractivity contribution in [2.24, 2.45) is 11.7 Å². The van der Waals surface area contributed by atoms with Gasteiger partial charge in [-0.2, -0.15) is 0 Å². The maximum Gasteiger partial charge on any atom is 0.127 e. The summed E-state index contributed by atoms with van der Waals surface area (Å²) in [5, 5.41) is 0. The third kappa shape index (κ3) is 4.11. The van der Waals surface area contributed by atoms with Gasteiger partial charge in [-0.1, -0.05) is 13.8 Å². The first-order chi connectivity index (χ1) is 9.16. The van der Waals surface area contributed by atoms with Gasteiger partial charge in [0.2, 0.25) is 0 Å². The third-order valence-electron chi connectivity index (χ3n) is 3.14. The minimum absolute atomic E-state index is 0.0107. The molecule has 106 valence electrons. The summed E-state index contributed by atoms with van der Waals surface area (Å²) in [5.41, 5.74) is 6.95. The molecule has 0 fully saturated rings. The molecule has 0 aromatic heterocycles. The lowest BCUT2D eigenvalue weighted by atomic mass is 10.1. The lowest BCUT2D eigenvalue weighted by Crippen LogP contribution is -2.10. The molecule has 1 heterocycles. The predicted octanol–water partition coefficient (Wildman–Crippen LogP) is 2.52. The van der Waals surface area contributed by atoms with E-state index in [0.717, 1.165) is 30.1 Å². The standard InChI is InChI=1S/C15H23NO3/c1-11(2)5-6-17-7-8-18-12-3-4-13-14(16)10-19-15(13)9-12/h3-4,9,11,14H,5-8,10,16H2,1-2H3. The van der Waals surface area contributed by atoms with E-state index in [-0.39, 0.29) is 6.04 Å². The Morgan fingerprint density at radius 3 is 2.95 bits per heavy atom. The molecule has 4 nitrogen and oxygen atoms in total. The van der Waals surface area contributed by atoms with Crippen LogP contribution in [0.2, 0.25) is 0 Å². The summed E-state index contributed by atoms with van der Waals surface area (Å²) in [7, 11) is 0. The molecular weight excluding hydrogens is 242 g/mol. The molecule has 1 atom stereocenters. The van der Waals surface area contributed by atoms with Gasteiger partial charge in [-0.05, 0) is 24.5 Å². The molecule has 2 N–H and O–H groups in total. The minimum Gasteiger partial charge on any atom is -0.491 e. The Hall–Kier alpha value is -1.26. The molecular formula is C15H23NO3. The number of rotatable bonds is 7. The van der Waals surface area contributed by atoms with Crippen molar-refractivity contribution < 1.29 is 14.2 Å². The highest BCUT2D eigenvalue weighted by atomic mass is 16.5. The van der Waals surface area contributed by atoms with Crippen LogP contribution >= 0.6 is 0 Å². The first-order valence-electron chi connectivity index (χ1n) is 6.89. The SMILES string of the molecule is CC(C)CCOCCOc1ccc2c(c1)OCC2N. The fourth-order valence-corrected chi connectivity index (χ4v) is 1.94. The Morgan fingerprint density at radius 1 is 1.32 bits per heavy atom. The van der Waals surface area contributed by atoms with Crippen LogP contribution in [-0.4, -0.2) is 26.4 Å². The summed E-state index contributed by atoms with van der Waals surface area (Å²) in [6, 6.07) is 5.79. The van der Waals surface area contributed by atoms with Crippen LogP contribution in [-0.2, 0) is 4.74 Å². The van der Waals surface area contributed by atoms with Crippen LogP contribution < -0.4 is 15.2 Å². The van der Waals surface area contributed by atoms with Gasteiger partial charge in [-0.3, -0.25) is 0 Å². The molecule has 19 heavy (non-hydrogen) atoms. The molecule has 1 aromatic carbocycles. The van der Waals surface area contributed by atoms with Gasteiger partial charge < -0.3 is 19.9 Å². The summed E-state index contributed by atoms with van der Waals surface area (Å²) in [4.78, 5) is 0. The monoisotopic (exact) mass is 265 g/mol. The zero-order chi connectivity index (χ0) is 13.7. The van der Waals surface area contributed by atoms with Gasteiger partial charge in [0, 0.05) is 18.2 Å². The molecule has 1 aliphatic rings. The smallest absolute Gasteiger partial charge is 0.127 e. The van der Waals surface area contributed by atoms with E-state index in [1.807, 2.05) is 18.2 Å². The highest BCUT2D eigenvalue weighted by Crippen LogP contribution is 2.33. The zero-order valence-corrected chi connectivity index (χ0v) is 11.7. The van der Waals surface area contributed by atoms with Crippen molar-refractivity contribution >= 4 is 0 Å². The topological polar surface area (TPSA) is 53.7 Å². The molecule has 1 aromatic rings. The van der Waals surface area contributed by atoms with Gasteiger partial charge in [-0.15, -0.1) is 0 Å². The van der Waals surface area contributed by atoms with E-state index >= 15 is 0 Å². The van der Waals surface area contributed by atoms with E-state index in [0.29, 0.717) is 25.7 Å². The Balaban J connectivity index is 1.69. The van der Waals surface area contributed by atoms with Crippen molar-refractivity contribution in [2.75, 3.05) is 26.4 Å². The van der Waals surface area contributed by atoms with Gasteiger partial charge in [0.15, 0.2) is 0 Å². The first-order valence-corrected chi connectivity index (χ1v) is 6.89. The highest BCUT2D eigenvalue weighted by molar-refractivity contribution is 5.44. The zero-order valence-electron chi connectivity index (χ0n) is 11.7. The minimum atomic E-state index is -0.0107. The molecule has 1 unspecified atom stereocenters. The van der Waals surface area contributed by atoms with Crippen molar-refractivity contribution in [1.29, 1.82) is 0 Å². The number of hydrogen-bond donors (Lipinski definition) is 1. The number of ether oxygens (including phenoxy) is 3. The maximum absolute atomic E-state index is 5.89. The lowest BCUT2D eigenvalue weighted by Gasteiger charge is -2.09. The van der Waals surface area contributed by atoms with E-state index in [1.165, 1.54) is 0 Å². The molecule has 0 bridgehead atoms. The molecule has 0 amide bonds. The normalized spacial score (nSPS) is 17.4. The van der Waals surface area contributed by atoms with Crippen molar-refractivity contribution in [3.05, 3.63) is 23.8 Å².